The van der Waals surface area contributed by atoms with E-state index in [1.165, 1.54) is 24.3 Å². The van der Waals surface area contributed by atoms with Crippen molar-refractivity contribution >= 4 is 58.6 Å². The van der Waals surface area contributed by atoms with Gasteiger partial charge in [-0.15, -0.1) is 0 Å². The standard InChI is InChI=1S/C36H32ClF3N10O6/c37-24-7-5-23(6-8-24)35(13-14-35)49-33-46-32(47-34(48-33)56-19-36(38,39)40)44-26-11-3-22(4-12-26)28(51)45-27(31(54)55)17-42-29(52)30(53)43-25-9-1-21(2-10-25)18-50-16-15-41-20-50/h1-12,15-16,20,27H,13-14,17-19H2,(H,42,52)(H,43,53)(H,45,51)(H,54,55)(H2,44,46,47,48,49)/t27-/m0/s1. The SMILES string of the molecule is O=C(NC[C@H](NC(=O)c1ccc(Nc2nc(NC3(c4ccc(Cl)cc4)CC3)nc(OCC(F)(F)F)n2)cc1)C(=O)O)C(=O)Nc1ccc(Cn2ccnc2)cc1. The van der Waals surface area contributed by atoms with Gasteiger partial charge in [-0.05, 0) is 72.5 Å². The van der Waals surface area contributed by atoms with Crippen molar-refractivity contribution in [1.82, 2.24) is 35.1 Å². The van der Waals surface area contributed by atoms with Crippen LogP contribution in [0.5, 0.6) is 6.01 Å². The molecule has 1 aliphatic rings. The Morgan fingerprint density at radius 2 is 1.57 bits per heavy atom. The molecule has 0 spiro atoms. The van der Waals surface area contributed by atoms with E-state index < -0.39 is 60.6 Å². The second-order valence-corrected chi connectivity index (χ2v) is 13.0. The summed E-state index contributed by atoms with van der Waals surface area (Å²) in [7, 11) is 0. The Bertz CT molecular complexity index is 2190. The van der Waals surface area contributed by atoms with Crippen LogP contribution in [-0.4, -0.2) is 78.7 Å². The molecule has 2 aromatic heterocycles. The number of ether oxygens (including phenoxy) is 1. The lowest BCUT2D eigenvalue weighted by atomic mass is 10.1. The third-order valence-corrected chi connectivity index (χ3v) is 8.55. The number of carbonyl (C=O) groups is 4. The van der Waals surface area contributed by atoms with Crippen LogP contribution in [0, 0.1) is 0 Å². The minimum Gasteiger partial charge on any atom is -0.480 e. The molecular formula is C36H32ClF3N10O6. The molecule has 0 radical (unpaired) electrons. The van der Waals surface area contributed by atoms with Gasteiger partial charge in [-0.2, -0.15) is 28.1 Å². The molecule has 2 heterocycles. The van der Waals surface area contributed by atoms with Gasteiger partial charge < -0.3 is 41.0 Å². The fourth-order valence-corrected chi connectivity index (χ4v) is 5.42. The van der Waals surface area contributed by atoms with Crippen LogP contribution in [0.25, 0.3) is 0 Å². The third kappa shape index (κ3) is 10.7. The van der Waals surface area contributed by atoms with E-state index in [0.29, 0.717) is 35.8 Å². The number of carbonyl (C=O) groups excluding carboxylic acids is 3. The first-order valence-electron chi connectivity index (χ1n) is 16.8. The number of benzene rings is 3. The van der Waals surface area contributed by atoms with Gasteiger partial charge in [0.1, 0.15) is 6.04 Å². The van der Waals surface area contributed by atoms with E-state index in [-0.39, 0.29) is 17.5 Å². The number of imidazole rings is 1. The highest BCUT2D eigenvalue weighted by Crippen LogP contribution is 2.48. The van der Waals surface area contributed by atoms with E-state index in [9.17, 15) is 37.5 Å². The van der Waals surface area contributed by atoms with Gasteiger partial charge in [-0.3, -0.25) is 14.4 Å². The Kier molecular flexibility index (Phi) is 11.6. The second-order valence-electron chi connectivity index (χ2n) is 12.5. The van der Waals surface area contributed by atoms with Crippen LogP contribution in [-0.2, 0) is 26.5 Å². The predicted molar refractivity (Wildman–Crippen MR) is 195 cm³/mol. The van der Waals surface area contributed by atoms with E-state index >= 15 is 0 Å². The summed E-state index contributed by atoms with van der Waals surface area (Å²) in [5.74, 6) is -4.67. The molecule has 0 saturated heterocycles. The minimum atomic E-state index is -4.65. The van der Waals surface area contributed by atoms with Crippen LogP contribution < -0.4 is 31.3 Å². The molecule has 0 aliphatic heterocycles. The van der Waals surface area contributed by atoms with Crippen molar-refractivity contribution in [2.45, 2.75) is 37.1 Å². The first-order chi connectivity index (χ1) is 26.7. The molecule has 1 aliphatic carbocycles. The molecule has 6 rings (SSSR count). The van der Waals surface area contributed by atoms with Gasteiger partial charge >= 0.3 is 30.0 Å². The molecule has 6 N–H and O–H groups in total. The van der Waals surface area contributed by atoms with E-state index in [2.05, 4.69) is 46.5 Å². The predicted octanol–water partition coefficient (Wildman–Crippen LogP) is 4.49. The number of rotatable bonds is 15. The highest BCUT2D eigenvalue weighted by atomic mass is 35.5. The van der Waals surface area contributed by atoms with Gasteiger partial charge in [0.25, 0.3) is 5.91 Å². The van der Waals surface area contributed by atoms with Crippen LogP contribution >= 0.6 is 11.6 Å². The van der Waals surface area contributed by atoms with Gasteiger partial charge in [-0.1, -0.05) is 35.9 Å². The van der Waals surface area contributed by atoms with Crippen molar-refractivity contribution in [2.24, 2.45) is 0 Å². The summed E-state index contributed by atoms with van der Waals surface area (Å²) in [6, 6.07) is 17.1. The molecule has 0 unspecified atom stereocenters. The minimum absolute atomic E-state index is 0.0215. The van der Waals surface area contributed by atoms with E-state index in [4.69, 9.17) is 16.3 Å². The monoisotopic (exact) mass is 792 g/mol. The number of amides is 3. The summed E-state index contributed by atoms with van der Waals surface area (Å²) < 4.78 is 45.5. The third-order valence-electron chi connectivity index (χ3n) is 8.29. The van der Waals surface area contributed by atoms with Crippen LogP contribution in [0.3, 0.4) is 0 Å². The highest BCUT2D eigenvalue weighted by molar-refractivity contribution is 6.39. The first kappa shape index (κ1) is 38.9. The number of halogens is 4. The van der Waals surface area contributed by atoms with E-state index in [1.807, 2.05) is 16.7 Å². The zero-order valence-electron chi connectivity index (χ0n) is 29.0. The molecule has 1 atom stereocenters. The van der Waals surface area contributed by atoms with Gasteiger partial charge in [0.15, 0.2) is 6.61 Å². The maximum absolute atomic E-state index is 12.9. The Balaban J connectivity index is 1.04. The number of hydrogen-bond acceptors (Lipinski definition) is 11. The van der Waals surface area contributed by atoms with Gasteiger partial charge in [0.05, 0.1) is 11.9 Å². The van der Waals surface area contributed by atoms with Crippen molar-refractivity contribution < 1.29 is 42.2 Å². The number of aromatic nitrogens is 5. The number of carboxylic acids is 1. The number of nitrogens with one attached hydrogen (secondary N) is 5. The van der Waals surface area contributed by atoms with E-state index in [1.54, 1.807) is 55.1 Å². The lowest BCUT2D eigenvalue weighted by molar-refractivity contribution is -0.154. The fourth-order valence-electron chi connectivity index (χ4n) is 5.30. The molecule has 56 heavy (non-hydrogen) atoms. The summed E-state index contributed by atoms with van der Waals surface area (Å²) >= 11 is 6.02. The number of nitrogens with zero attached hydrogens (tertiary/aromatic N) is 5. The lowest BCUT2D eigenvalue weighted by Gasteiger charge is -2.19. The van der Waals surface area contributed by atoms with Gasteiger partial charge in [-0.25, -0.2) is 9.78 Å². The normalized spacial score (nSPS) is 13.5. The van der Waals surface area contributed by atoms with Crippen LogP contribution in [0.4, 0.5) is 36.4 Å². The zero-order chi connectivity index (χ0) is 39.9. The maximum atomic E-state index is 12.9. The largest absolute Gasteiger partial charge is 0.480 e. The van der Waals surface area contributed by atoms with Crippen LogP contribution in [0.1, 0.15) is 34.3 Å². The average molecular weight is 793 g/mol. The molecule has 16 nitrogen and oxygen atoms in total. The number of anilines is 4. The molecular weight excluding hydrogens is 761 g/mol. The zero-order valence-corrected chi connectivity index (χ0v) is 29.8. The molecule has 3 aromatic carbocycles. The Labute approximate surface area is 320 Å². The van der Waals surface area contributed by atoms with Crippen molar-refractivity contribution in [3.05, 3.63) is 113 Å². The Hall–Kier alpha value is -6.76. The van der Waals surface area contributed by atoms with Gasteiger partial charge in [0.2, 0.25) is 11.9 Å². The number of hydrogen-bond donors (Lipinski definition) is 6. The van der Waals surface area contributed by atoms with E-state index in [0.717, 1.165) is 11.1 Å². The molecule has 1 saturated carbocycles. The van der Waals surface area contributed by atoms with Crippen molar-refractivity contribution in [2.75, 3.05) is 29.1 Å². The number of aliphatic carboxylic acids is 1. The Morgan fingerprint density at radius 1 is 0.893 bits per heavy atom. The second kappa shape index (κ2) is 16.7. The summed E-state index contributed by atoms with van der Waals surface area (Å²) in [4.78, 5) is 66.0. The molecule has 290 valence electrons. The topological polar surface area (TPSA) is 214 Å². The average Bonchev–Trinajstić information content (AvgIpc) is 3.75. The van der Waals surface area contributed by atoms with Crippen LogP contribution in [0.2, 0.25) is 5.02 Å². The maximum Gasteiger partial charge on any atom is 0.422 e. The molecule has 1 fully saturated rings. The van der Waals surface area contributed by atoms with Crippen LogP contribution in [0.15, 0.2) is 91.5 Å². The molecule has 20 heteroatoms. The van der Waals surface area contributed by atoms with Crippen molar-refractivity contribution in [3.63, 3.8) is 0 Å². The summed E-state index contributed by atoms with van der Waals surface area (Å²) in [6.45, 7) is -1.69. The quantitative estimate of drug-likeness (QED) is 0.0810. The Morgan fingerprint density at radius 3 is 2.20 bits per heavy atom. The summed E-state index contributed by atoms with van der Waals surface area (Å²) in [5.41, 5.74) is 1.89. The highest BCUT2D eigenvalue weighted by Gasteiger charge is 2.45. The fraction of sp³-hybridized carbons (Fsp3) is 0.222. The molecule has 5 aromatic rings. The summed E-state index contributed by atoms with van der Waals surface area (Å²) in [5, 5.41) is 23.1. The first-order valence-corrected chi connectivity index (χ1v) is 17.2. The lowest BCUT2D eigenvalue weighted by Crippen LogP contribution is -2.50. The summed E-state index contributed by atoms with van der Waals surface area (Å²) in [6.07, 6.45) is 1.84. The van der Waals surface area contributed by atoms with Gasteiger partial charge in [0, 0.05) is 47.4 Å². The number of carboxylic acid groups (broad SMARTS) is 1. The van der Waals surface area contributed by atoms with Crippen molar-refractivity contribution in [3.8, 4) is 6.01 Å². The smallest absolute Gasteiger partial charge is 0.422 e. The molecule has 0 bridgehead atoms. The number of alkyl halides is 3. The van der Waals surface area contributed by atoms with Crippen molar-refractivity contribution in [1.29, 1.82) is 0 Å². The molecule has 3 amide bonds.